The zero-order valence-electron chi connectivity index (χ0n) is 11.5. The van der Waals surface area contributed by atoms with Gasteiger partial charge >= 0.3 is 5.97 Å². The van der Waals surface area contributed by atoms with Crippen molar-refractivity contribution in [2.75, 3.05) is 6.61 Å². The Bertz CT molecular complexity index is 640. The molecule has 0 saturated heterocycles. The van der Waals surface area contributed by atoms with Crippen LogP contribution in [0.25, 0.3) is 0 Å². The van der Waals surface area contributed by atoms with Gasteiger partial charge in [-0.3, -0.25) is 0 Å². The highest BCUT2D eigenvalue weighted by Crippen LogP contribution is 2.28. The van der Waals surface area contributed by atoms with Gasteiger partial charge in [-0.2, -0.15) is 0 Å². The Labute approximate surface area is 127 Å². The average Bonchev–Trinajstić information content (AvgIpc) is 2.47. The molecule has 0 aromatic heterocycles. The van der Waals surface area contributed by atoms with Crippen molar-refractivity contribution in [2.45, 2.75) is 13.5 Å². The van der Waals surface area contributed by atoms with Crippen LogP contribution in [0.4, 0.5) is 0 Å². The fraction of sp³-hybridized carbons (Fsp3) is 0.188. The summed E-state index contributed by atoms with van der Waals surface area (Å²) in [6, 6.07) is 11.9. The Morgan fingerprint density at radius 2 is 1.81 bits per heavy atom. The maximum absolute atomic E-state index is 10.9. The van der Waals surface area contributed by atoms with Crippen LogP contribution in [0, 0.1) is 0 Å². The monoisotopic (exact) mass is 306 g/mol. The van der Waals surface area contributed by atoms with Crippen LogP contribution in [-0.2, 0) is 6.61 Å². The molecule has 0 aliphatic heterocycles. The molecule has 0 amide bonds. The summed E-state index contributed by atoms with van der Waals surface area (Å²) in [5, 5.41) is 9.26. The molecule has 0 saturated carbocycles. The van der Waals surface area contributed by atoms with Crippen LogP contribution in [-0.4, -0.2) is 17.7 Å². The van der Waals surface area contributed by atoms with Crippen LogP contribution in [0.5, 0.6) is 11.5 Å². The Kier molecular flexibility index (Phi) is 5.06. The molecule has 0 aliphatic rings. The zero-order valence-corrected chi connectivity index (χ0v) is 12.3. The van der Waals surface area contributed by atoms with Gasteiger partial charge in [0.05, 0.1) is 12.2 Å². The third-order valence-electron chi connectivity index (χ3n) is 2.83. The summed E-state index contributed by atoms with van der Waals surface area (Å²) >= 11 is 6.07. The third kappa shape index (κ3) is 3.89. The van der Waals surface area contributed by atoms with Gasteiger partial charge in [-0.05, 0) is 31.2 Å². The number of aromatic carboxylic acids is 1. The van der Waals surface area contributed by atoms with E-state index in [1.807, 2.05) is 31.2 Å². The first-order valence-corrected chi connectivity index (χ1v) is 6.86. The zero-order chi connectivity index (χ0) is 15.2. The van der Waals surface area contributed by atoms with Gasteiger partial charge in [0, 0.05) is 10.6 Å². The maximum atomic E-state index is 10.9. The molecule has 5 heteroatoms. The molecule has 0 atom stereocenters. The summed E-state index contributed by atoms with van der Waals surface area (Å²) in [5.74, 6) is 0.280. The van der Waals surface area contributed by atoms with Gasteiger partial charge in [-0.25, -0.2) is 4.79 Å². The first-order chi connectivity index (χ1) is 10.1. The number of carboxylic acids is 1. The van der Waals surface area contributed by atoms with E-state index in [1.54, 1.807) is 6.07 Å². The highest BCUT2D eigenvalue weighted by molar-refractivity contribution is 6.31. The van der Waals surface area contributed by atoms with E-state index in [0.29, 0.717) is 28.7 Å². The van der Waals surface area contributed by atoms with Gasteiger partial charge in [-0.15, -0.1) is 0 Å². The molecule has 0 bridgehead atoms. The van der Waals surface area contributed by atoms with Gasteiger partial charge in [0.15, 0.2) is 11.5 Å². The van der Waals surface area contributed by atoms with Crippen molar-refractivity contribution in [3.63, 3.8) is 0 Å². The van der Waals surface area contributed by atoms with E-state index in [0.717, 1.165) is 0 Å². The number of carboxylic acid groups (broad SMARTS) is 1. The van der Waals surface area contributed by atoms with Crippen LogP contribution in [0.15, 0.2) is 42.5 Å². The summed E-state index contributed by atoms with van der Waals surface area (Å²) in [7, 11) is 0. The van der Waals surface area contributed by atoms with E-state index in [1.165, 1.54) is 12.1 Å². The number of benzene rings is 2. The lowest BCUT2D eigenvalue weighted by atomic mass is 10.1. The van der Waals surface area contributed by atoms with Crippen LogP contribution in [0.3, 0.4) is 0 Å². The minimum absolute atomic E-state index is 0.151. The van der Waals surface area contributed by atoms with Crippen LogP contribution in [0.2, 0.25) is 5.02 Å². The van der Waals surface area contributed by atoms with Gasteiger partial charge in [0.25, 0.3) is 0 Å². The molecule has 21 heavy (non-hydrogen) atoms. The molecule has 0 radical (unpaired) electrons. The fourth-order valence-electron chi connectivity index (χ4n) is 1.80. The lowest BCUT2D eigenvalue weighted by molar-refractivity contribution is 0.0697. The Balaban J connectivity index is 2.11. The van der Waals surface area contributed by atoms with Crippen LogP contribution >= 0.6 is 11.6 Å². The van der Waals surface area contributed by atoms with Crippen molar-refractivity contribution in [2.24, 2.45) is 0 Å². The minimum Gasteiger partial charge on any atom is -0.490 e. The second kappa shape index (κ2) is 6.99. The van der Waals surface area contributed by atoms with Crippen LogP contribution < -0.4 is 9.47 Å². The van der Waals surface area contributed by atoms with Crippen molar-refractivity contribution in [1.29, 1.82) is 0 Å². The largest absolute Gasteiger partial charge is 0.490 e. The summed E-state index contributed by atoms with van der Waals surface area (Å²) < 4.78 is 11.2. The topological polar surface area (TPSA) is 55.8 Å². The minimum atomic E-state index is -1.01. The molecule has 0 aliphatic carbocycles. The average molecular weight is 307 g/mol. The van der Waals surface area contributed by atoms with Crippen molar-refractivity contribution in [3.8, 4) is 11.5 Å². The van der Waals surface area contributed by atoms with E-state index >= 15 is 0 Å². The summed E-state index contributed by atoms with van der Waals surface area (Å²) in [6.07, 6.45) is 0. The summed E-state index contributed by atoms with van der Waals surface area (Å²) in [5.41, 5.74) is 0.867. The Morgan fingerprint density at radius 3 is 2.38 bits per heavy atom. The molecule has 110 valence electrons. The highest BCUT2D eigenvalue weighted by atomic mass is 35.5. The number of halogens is 1. The number of rotatable bonds is 6. The van der Waals surface area contributed by atoms with E-state index in [9.17, 15) is 4.79 Å². The smallest absolute Gasteiger partial charge is 0.335 e. The summed E-state index contributed by atoms with van der Waals surface area (Å²) in [6.45, 7) is 2.69. The standard InChI is InChI=1S/C16H15ClO4/c1-2-20-14-5-3-4-6-15(14)21-10-12-8-7-11(16(18)19)9-13(12)17/h3-9H,2,10H2,1H3,(H,18,19). The molecule has 1 N–H and O–H groups in total. The second-order valence-corrected chi connectivity index (χ2v) is 4.69. The molecule has 0 spiro atoms. The Hall–Kier alpha value is -2.20. The van der Waals surface area contributed by atoms with E-state index in [4.69, 9.17) is 26.2 Å². The number of ether oxygens (including phenoxy) is 2. The Morgan fingerprint density at radius 1 is 1.14 bits per heavy atom. The van der Waals surface area contributed by atoms with E-state index in [-0.39, 0.29) is 12.2 Å². The molecule has 0 unspecified atom stereocenters. The molecule has 2 aromatic carbocycles. The lowest BCUT2D eigenvalue weighted by Gasteiger charge is -2.12. The fourth-order valence-corrected chi connectivity index (χ4v) is 2.03. The van der Waals surface area contributed by atoms with Gasteiger partial charge in [-0.1, -0.05) is 29.8 Å². The van der Waals surface area contributed by atoms with Crippen molar-refractivity contribution in [3.05, 3.63) is 58.6 Å². The highest BCUT2D eigenvalue weighted by Gasteiger charge is 2.09. The van der Waals surface area contributed by atoms with Gasteiger partial charge in [0.1, 0.15) is 6.61 Å². The molecular formula is C16H15ClO4. The van der Waals surface area contributed by atoms with E-state index < -0.39 is 5.97 Å². The first kappa shape index (κ1) is 15.2. The quantitative estimate of drug-likeness (QED) is 0.876. The van der Waals surface area contributed by atoms with Crippen molar-refractivity contribution >= 4 is 17.6 Å². The molecule has 4 nitrogen and oxygen atoms in total. The van der Waals surface area contributed by atoms with Crippen LogP contribution in [0.1, 0.15) is 22.8 Å². The summed E-state index contributed by atoms with van der Waals surface area (Å²) in [4.78, 5) is 10.9. The molecule has 2 rings (SSSR count). The van der Waals surface area contributed by atoms with Gasteiger partial charge in [0.2, 0.25) is 0 Å². The third-order valence-corrected chi connectivity index (χ3v) is 3.18. The normalized spacial score (nSPS) is 10.2. The SMILES string of the molecule is CCOc1ccccc1OCc1ccc(C(=O)O)cc1Cl. The molecule has 2 aromatic rings. The number of para-hydroxylation sites is 2. The second-order valence-electron chi connectivity index (χ2n) is 4.28. The molecule has 0 fully saturated rings. The van der Waals surface area contributed by atoms with Crippen molar-refractivity contribution < 1.29 is 19.4 Å². The maximum Gasteiger partial charge on any atom is 0.335 e. The number of hydrogen-bond donors (Lipinski definition) is 1. The number of hydrogen-bond acceptors (Lipinski definition) is 3. The van der Waals surface area contributed by atoms with Gasteiger partial charge < -0.3 is 14.6 Å². The molecular weight excluding hydrogens is 292 g/mol. The lowest BCUT2D eigenvalue weighted by Crippen LogP contribution is -2.01. The predicted molar refractivity (Wildman–Crippen MR) is 80.4 cm³/mol. The predicted octanol–water partition coefficient (Wildman–Crippen LogP) is 4.02. The van der Waals surface area contributed by atoms with Crippen molar-refractivity contribution in [1.82, 2.24) is 0 Å². The number of carbonyl (C=O) groups is 1. The first-order valence-electron chi connectivity index (χ1n) is 6.48. The van der Waals surface area contributed by atoms with E-state index in [2.05, 4.69) is 0 Å². The molecule has 0 heterocycles.